The Bertz CT molecular complexity index is 388. The van der Waals surface area contributed by atoms with Crippen LogP contribution in [0.5, 0.6) is 11.5 Å². The second-order valence-electron chi connectivity index (χ2n) is 2.71. The zero-order chi connectivity index (χ0) is 10.1. The number of phenolic OH excluding ortho intramolecular Hbond substituents is 1. The summed E-state index contributed by atoms with van der Waals surface area (Å²) in [4.78, 5) is 0. The Hall–Kier alpha value is -1.23. The van der Waals surface area contributed by atoms with Gasteiger partial charge in [0.05, 0.1) is 6.26 Å². The van der Waals surface area contributed by atoms with Gasteiger partial charge in [0, 0.05) is 0 Å². The quantitative estimate of drug-likeness (QED) is 0.728. The maximum atomic E-state index is 10.8. The average molecular weight is 202 g/mol. The Morgan fingerprint density at radius 2 is 2.00 bits per heavy atom. The van der Waals surface area contributed by atoms with Crippen LogP contribution in [0.1, 0.15) is 5.56 Å². The van der Waals surface area contributed by atoms with Gasteiger partial charge in [0.2, 0.25) is 0 Å². The van der Waals surface area contributed by atoms with Gasteiger partial charge in [-0.2, -0.15) is 8.42 Å². The largest absolute Gasteiger partial charge is 0.504 e. The van der Waals surface area contributed by atoms with Crippen LogP contribution in [-0.2, 0) is 10.1 Å². The van der Waals surface area contributed by atoms with Gasteiger partial charge in [-0.15, -0.1) is 0 Å². The maximum Gasteiger partial charge on any atom is 0.306 e. The highest BCUT2D eigenvalue weighted by molar-refractivity contribution is 7.86. The molecule has 0 aliphatic rings. The molecule has 0 fully saturated rings. The van der Waals surface area contributed by atoms with Crippen LogP contribution in [-0.4, -0.2) is 19.8 Å². The number of rotatable bonds is 2. The van der Waals surface area contributed by atoms with Crippen LogP contribution in [0.4, 0.5) is 0 Å². The minimum absolute atomic E-state index is 0.00926. The Morgan fingerprint density at radius 1 is 1.38 bits per heavy atom. The molecule has 0 amide bonds. The average Bonchev–Trinajstić information content (AvgIpc) is 1.95. The molecule has 0 aliphatic carbocycles. The summed E-state index contributed by atoms with van der Waals surface area (Å²) < 4.78 is 26.1. The summed E-state index contributed by atoms with van der Waals surface area (Å²) in [6, 6.07) is 4.63. The van der Waals surface area contributed by atoms with E-state index in [0.717, 1.165) is 6.26 Å². The van der Waals surface area contributed by atoms with Crippen molar-refractivity contribution >= 4 is 10.1 Å². The number of hydrogen-bond donors (Lipinski definition) is 1. The SMILES string of the molecule is Cc1cccc(O)c1OS(C)(=O)=O. The standard InChI is InChI=1S/C8H10O4S/c1-6-4-3-5-7(9)8(6)12-13(2,10)11/h3-5,9H,1-2H3. The van der Waals surface area contributed by atoms with Crippen LogP contribution in [0.25, 0.3) is 0 Å². The molecular weight excluding hydrogens is 192 g/mol. The van der Waals surface area contributed by atoms with E-state index in [-0.39, 0.29) is 11.5 Å². The first kappa shape index (κ1) is 9.85. The van der Waals surface area contributed by atoms with Gasteiger partial charge in [-0.1, -0.05) is 12.1 Å². The zero-order valence-electron chi connectivity index (χ0n) is 7.31. The summed E-state index contributed by atoms with van der Waals surface area (Å²) >= 11 is 0. The van der Waals surface area contributed by atoms with Crippen molar-refractivity contribution < 1.29 is 17.7 Å². The lowest BCUT2D eigenvalue weighted by Gasteiger charge is -2.07. The fourth-order valence-electron chi connectivity index (χ4n) is 0.897. The summed E-state index contributed by atoms with van der Waals surface area (Å²) in [6.45, 7) is 1.65. The predicted molar refractivity (Wildman–Crippen MR) is 48.3 cm³/mol. The van der Waals surface area contributed by atoms with Crippen molar-refractivity contribution in [1.82, 2.24) is 0 Å². The Kier molecular flexibility index (Phi) is 2.47. The van der Waals surface area contributed by atoms with Crippen molar-refractivity contribution in [2.75, 3.05) is 6.26 Å². The molecule has 0 aromatic heterocycles. The van der Waals surface area contributed by atoms with Crippen molar-refractivity contribution in [2.24, 2.45) is 0 Å². The van der Waals surface area contributed by atoms with Crippen molar-refractivity contribution in [3.05, 3.63) is 23.8 Å². The summed E-state index contributed by atoms with van der Waals surface area (Å²) in [5.74, 6) is -0.185. The minimum atomic E-state index is -3.58. The number of para-hydroxylation sites is 1. The van der Waals surface area contributed by atoms with Crippen molar-refractivity contribution in [2.45, 2.75) is 6.92 Å². The number of benzene rings is 1. The fraction of sp³-hybridized carbons (Fsp3) is 0.250. The van der Waals surface area contributed by atoms with E-state index in [0.29, 0.717) is 5.56 Å². The summed E-state index contributed by atoms with van der Waals surface area (Å²) in [6.07, 6.45) is 0.929. The van der Waals surface area contributed by atoms with Gasteiger partial charge >= 0.3 is 10.1 Å². The topological polar surface area (TPSA) is 63.6 Å². The smallest absolute Gasteiger partial charge is 0.306 e. The molecule has 1 rings (SSSR count). The lowest BCUT2D eigenvalue weighted by molar-refractivity contribution is 0.429. The molecule has 13 heavy (non-hydrogen) atoms. The molecule has 5 heteroatoms. The van der Waals surface area contributed by atoms with E-state index in [1.165, 1.54) is 6.07 Å². The molecule has 0 bridgehead atoms. The van der Waals surface area contributed by atoms with Gasteiger partial charge in [-0.05, 0) is 18.6 Å². The molecule has 0 unspecified atom stereocenters. The van der Waals surface area contributed by atoms with Gasteiger partial charge in [0.1, 0.15) is 0 Å². The first-order chi connectivity index (χ1) is 5.90. The van der Waals surface area contributed by atoms with E-state index < -0.39 is 10.1 Å². The molecule has 0 radical (unpaired) electrons. The minimum Gasteiger partial charge on any atom is -0.504 e. The highest BCUT2D eigenvalue weighted by Crippen LogP contribution is 2.29. The van der Waals surface area contributed by atoms with E-state index in [4.69, 9.17) is 0 Å². The van der Waals surface area contributed by atoms with Gasteiger partial charge in [0.25, 0.3) is 0 Å². The highest BCUT2D eigenvalue weighted by Gasteiger charge is 2.11. The van der Waals surface area contributed by atoms with E-state index in [2.05, 4.69) is 4.18 Å². The number of phenols is 1. The molecule has 0 aliphatic heterocycles. The van der Waals surface area contributed by atoms with Crippen molar-refractivity contribution in [3.63, 3.8) is 0 Å². The Labute approximate surface area is 76.9 Å². The second-order valence-corrected chi connectivity index (χ2v) is 4.29. The maximum absolute atomic E-state index is 10.8. The van der Waals surface area contributed by atoms with Gasteiger partial charge in [-0.25, -0.2) is 0 Å². The van der Waals surface area contributed by atoms with Crippen LogP contribution < -0.4 is 4.18 Å². The van der Waals surface area contributed by atoms with Gasteiger partial charge in [0.15, 0.2) is 11.5 Å². The van der Waals surface area contributed by atoms with Crippen LogP contribution >= 0.6 is 0 Å². The third-order valence-corrected chi connectivity index (χ3v) is 1.90. The van der Waals surface area contributed by atoms with Crippen LogP contribution in [0.3, 0.4) is 0 Å². The van der Waals surface area contributed by atoms with E-state index in [9.17, 15) is 13.5 Å². The monoisotopic (exact) mass is 202 g/mol. The van der Waals surface area contributed by atoms with Crippen LogP contribution in [0, 0.1) is 6.92 Å². The molecule has 1 aromatic rings. The zero-order valence-corrected chi connectivity index (χ0v) is 8.13. The molecule has 0 atom stereocenters. The summed E-state index contributed by atoms with van der Waals surface area (Å²) in [7, 11) is -3.58. The molecule has 0 spiro atoms. The second kappa shape index (κ2) is 3.26. The predicted octanol–water partition coefficient (Wildman–Crippen LogP) is 1.04. The molecule has 0 saturated heterocycles. The van der Waals surface area contributed by atoms with Crippen molar-refractivity contribution in [1.29, 1.82) is 0 Å². The lowest BCUT2D eigenvalue weighted by atomic mass is 10.2. The number of hydrogen-bond acceptors (Lipinski definition) is 4. The van der Waals surface area contributed by atoms with Crippen LogP contribution in [0.2, 0.25) is 0 Å². The third kappa shape index (κ3) is 2.62. The molecule has 1 N–H and O–H groups in total. The molecule has 4 nitrogen and oxygen atoms in total. The van der Waals surface area contributed by atoms with Gasteiger partial charge < -0.3 is 9.29 Å². The first-order valence-electron chi connectivity index (χ1n) is 3.58. The highest BCUT2D eigenvalue weighted by atomic mass is 32.2. The van der Waals surface area contributed by atoms with E-state index >= 15 is 0 Å². The number of aromatic hydroxyl groups is 1. The third-order valence-electron chi connectivity index (χ3n) is 1.43. The normalized spacial score (nSPS) is 11.2. The lowest BCUT2D eigenvalue weighted by Crippen LogP contribution is -2.06. The van der Waals surface area contributed by atoms with E-state index in [1.54, 1.807) is 19.1 Å². The molecule has 1 aromatic carbocycles. The molecule has 0 saturated carbocycles. The van der Waals surface area contributed by atoms with E-state index in [1.807, 2.05) is 0 Å². The van der Waals surface area contributed by atoms with Gasteiger partial charge in [-0.3, -0.25) is 0 Å². The fourth-order valence-corrected chi connectivity index (χ4v) is 1.42. The Balaban J connectivity index is 3.15. The molecular formula is C8H10O4S. The molecule has 72 valence electrons. The van der Waals surface area contributed by atoms with Crippen LogP contribution in [0.15, 0.2) is 18.2 Å². The molecule has 0 heterocycles. The van der Waals surface area contributed by atoms with Crippen molar-refractivity contribution in [3.8, 4) is 11.5 Å². The summed E-state index contributed by atoms with van der Waals surface area (Å²) in [5.41, 5.74) is 0.574. The first-order valence-corrected chi connectivity index (χ1v) is 5.40. The Morgan fingerprint density at radius 3 is 2.46 bits per heavy atom. The number of aryl methyl sites for hydroxylation is 1. The summed E-state index contributed by atoms with van der Waals surface area (Å²) in [5, 5.41) is 9.27.